The SMILES string of the molecule is CCCCc1noc([C@H](C)N[C@@H]2CCN(C(=O)C(C)C)C[C@H]2C)n1. The summed E-state index contributed by atoms with van der Waals surface area (Å²) >= 11 is 0. The van der Waals surface area contributed by atoms with Gasteiger partial charge in [0.15, 0.2) is 5.82 Å². The first-order valence-electron chi connectivity index (χ1n) is 9.29. The molecule has 1 aromatic heterocycles. The highest BCUT2D eigenvalue weighted by Crippen LogP contribution is 2.22. The minimum atomic E-state index is 0.0349. The Morgan fingerprint density at radius 3 is 2.79 bits per heavy atom. The molecule has 1 N–H and O–H groups in total. The fourth-order valence-corrected chi connectivity index (χ4v) is 3.23. The van der Waals surface area contributed by atoms with Crippen LogP contribution in [0.4, 0.5) is 0 Å². The van der Waals surface area contributed by atoms with Gasteiger partial charge in [-0.1, -0.05) is 39.3 Å². The van der Waals surface area contributed by atoms with Crippen molar-refractivity contribution in [1.82, 2.24) is 20.4 Å². The van der Waals surface area contributed by atoms with Gasteiger partial charge in [0.1, 0.15) is 0 Å². The van der Waals surface area contributed by atoms with Gasteiger partial charge >= 0.3 is 0 Å². The molecule has 2 heterocycles. The van der Waals surface area contributed by atoms with Crippen molar-refractivity contribution in [2.45, 2.75) is 72.4 Å². The van der Waals surface area contributed by atoms with Crippen molar-refractivity contribution in [3.63, 3.8) is 0 Å². The van der Waals surface area contributed by atoms with E-state index in [-0.39, 0.29) is 17.9 Å². The highest BCUT2D eigenvalue weighted by atomic mass is 16.5. The van der Waals surface area contributed by atoms with E-state index in [2.05, 4.69) is 36.2 Å². The predicted octanol–water partition coefficient (Wildman–Crippen LogP) is 2.96. The van der Waals surface area contributed by atoms with Gasteiger partial charge in [-0.2, -0.15) is 4.98 Å². The smallest absolute Gasteiger partial charge is 0.243 e. The number of amides is 1. The molecule has 1 fully saturated rings. The number of hydrogen-bond acceptors (Lipinski definition) is 5. The van der Waals surface area contributed by atoms with Crippen LogP contribution in [0.1, 0.15) is 71.6 Å². The molecule has 2 rings (SSSR count). The maximum atomic E-state index is 12.2. The number of aromatic nitrogens is 2. The first-order chi connectivity index (χ1) is 11.4. The summed E-state index contributed by atoms with van der Waals surface area (Å²) in [6.45, 7) is 12.0. The zero-order chi connectivity index (χ0) is 17.7. The third-order valence-electron chi connectivity index (χ3n) is 4.78. The minimum absolute atomic E-state index is 0.0349. The standard InChI is InChI=1S/C18H32N4O2/c1-6-7-8-16-20-17(24-21-16)14(5)19-15-9-10-22(11-13(15)4)18(23)12(2)3/h12-15,19H,6-11H2,1-5H3/t13-,14+,15-/m1/s1. The molecule has 1 aromatic rings. The average Bonchev–Trinajstić information content (AvgIpc) is 3.03. The Bertz CT molecular complexity index is 529. The molecule has 0 spiro atoms. The van der Waals surface area contributed by atoms with E-state index in [1.165, 1.54) is 0 Å². The molecule has 1 aliphatic rings. The number of piperidine rings is 1. The quantitative estimate of drug-likeness (QED) is 0.829. The van der Waals surface area contributed by atoms with Crippen LogP contribution in [0.3, 0.4) is 0 Å². The summed E-state index contributed by atoms with van der Waals surface area (Å²) in [5, 5.41) is 7.67. The van der Waals surface area contributed by atoms with E-state index in [4.69, 9.17) is 4.52 Å². The maximum absolute atomic E-state index is 12.2. The minimum Gasteiger partial charge on any atom is -0.342 e. The number of rotatable bonds is 7. The molecule has 6 nitrogen and oxygen atoms in total. The summed E-state index contributed by atoms with van der Waals surface area (Å²) in [5.41, 5.74) is 0. The highest BCUT2D eigenvalue weighted by Gasteiger charge is 2.31. The van der Waals surface area contributed by atoms with E-state index < -0.39 is 0 Å². The molecule has 0 radical (unpaired) electrons. The predicted molar refractivity (Wildman–Crippen MR) is 93.4 cm³/mol. The van der Waals surface area contributed by atoms with E-state index in [1.54, 1.807) is 0 Å². The summed E-state index contributed by atoms with van der Waals surface area (Å²) in [6.07, 6.45) is 4.04. The topological polar surface area (TPSA) is 71.3 Å². The van der Waals surface area contributed by atoms with Crippen molar-refractivity contribution in [2.75, 3.05) is 13.1 Å². The van der Waals surface area contributed by atoms with Crippen molar-refractivity contribution in [1.29, 1.82) is 0 Å². The zero-order valence-corrected chi connectivity index (χ0v) is 15.7. The number of unbranched alkanes of at least 4 members (excludes halogenated alkanes) is 1. The van der Waals surface area contributed by atoms with E-state index in [0.717, 1.165) is 44.6 Å². The summed E-state index contributed by atoms with van der Waals surface area (Å²) in [5.74, 6) is 2.19. The van der Waals surface area contributed by atoms with Gasteiger partial charge in [-0.05, 0) is 25.7 Å². The van der Waals surface area contributed by atoms with Gasteiger partial charge in [0.2, 0.25) is 11.8 Å². The van der Waals surface area contributed by atoms with Crippen molar-refractivity contribution in [3.8, 4) is 0 Å². The van der Waals surface area contributed by atoms with Crippen LogP contribution in [-0.4, -0.2) is 40.1 Å². The van der Waals surface area contributed by atoms with Crippen LogP contribution in [-0.2, 0) is 11.2 Å². The van der Waals surface area contributed by atoms with Crippen LogP contribution >= 0.6 is 0 Å². The molecule has 1 amide bonds. The van der Waals surface area contributed by atoms with E-state index in [0.29, 0.717) is 17.9 Å². The first-order valence-corrected chi connectivity index (χ1v) is 9.29. The number of nitrogens with one attached hydrogen (secondary N) is 1. The van der Waals surface area contributed by atoms with Crippen LogP contribution in [0.2, 0.25) is 0 Å². The monoisotopic (exact) mass is 336 g/mol. The van der Waals surface area contributed by atoms with Gasteiger partial charge in [0, 0.05) is 31.5 Å². The second kappa shape index (κ2) is 8.60. The normalized spacial score (nSPS) is 22.8. The van der Waals surface area contributed by atoms with E-state index >= 15 is 0 Å². The summed E-state index contributed by atoms with van der Waals surface area (Å²) in [6, 6.07) is 0.398. The molecule has 136 valence electrons. The lowest BCUT2D eigenvalue weighted by Gasteiger charge is -2.39. The largest absolute Gasteiger partial charge is 0.342 e. The van der Waals surface area contributed by atoms with Crippen molar-refractivity contribution in [3.05, 3.63) is 11.7 Å². The van der Waals surface area contributed by atoms with Crippen LogP contribution in [0.15, 0.2) is 4.52 Å². The van der Waals surface area contributed by atoms with Crippen molar-refractivity contribution in [2.24, 2.45) is 11.8 Å². The molecule has 0 aromatic carbocycles. The van der Waals surface area contributed by atoms with Crippen LogP contribution in [0.5, 0.6) is 0 Å². The van der Waals surface area contributed by atoms with Crippen LogP contribution < -0.4 is 5.32 Å². The number of aryl methyl sites for hydroxylation is 1. The molecule has 3 atom stereocenters. The van der Waals surface area contributed by atoms with E-state index in [1.807, 2.05) is 18.7 Å². The molecular formula is C18H32N4O2. The number of carbonyl (C=O) groups excluding carboxylic acids is 1. The van der Waals surface area contributed by atoms with Gasteiger partial charge < -0.3 is 14.7 Å². The van der Waals surface area contributed by atoms with Gasteiger partial charge in [-0.3, -0.25) is 4.79 Å². The second-order valence-electron chi connectivity index (χ2n) is 7.35. The Hall–Kier alpha value is -1.43. The number of hydrogen-bond donors (Lipinski definition) is 1. The molecule has 1 aliphatic heterocycles. The fourth-order valence-electron chi connectivity index (χ4n) is 3.23. The Morgan fingerprint density at radius 2 is 2.17 bits per heavy atom. The molecule has 24 heavy (non-hydrogen) atoms. The van der Waals surface area contributed by atoms with Gasteiger partial charge in [-0.25, -0.2) is 0 Å². The second-order valence-corrected chi connectivity index (χ2v) is 7.35. The average molecular weight is 336 g/mol. The summed E-state index contributed by atoms with van der Waals surface area (Å²) in [4.78, 5) is 18.6. The number of likely N-dealkylation sites (tertiary alicyclic amines) is 1. The number of nitrogens with zero attached hydrogens (tertiary/aromatic N) is 3. The molecule has 0 aliphatic carbocycles. The maximum Gasteiger partial charge on any atom is 0.243 e. The first kappa shape index (κ1) is 18.9. The Balaban J connectivity index is 1.87. The lowest BCUT2D eigenvalue weighted by Crippen LogP contribution is -2.51. The molecule has 0 unspecified atom stereocenters. The zero-order valence-electron chi connectivity index (χ0n) is 15.7. The Labute approximate surface area is 145 Å². The summed E-state index contributed by atoms with van der Waals surface area (Å²) < 4.78 is 5.40. The van der Waals surface area contributed by atoms with Gasteiger partial charge in [0.05, 0.1) is 6.04 Å². The van der Waals surface area contributed by atoms with Crippen LogP contribution in [0.25, 0.3) is 0 Å². The lowest BCUT2D eigenvalue weighted by molar-refractivity contribution is -0.136. The highest BCUT2D eigenvalue weighted by molar-refractivity contribution is 5.78. The van der Waals surface area contributed by atoms with Gasteiger partial charge in [-0.15, -0.1) is 0 Å². The van der Waals surface area contributed by atoms with Crippen molar-refractivity contribution >= 4 is 5.91 Å². The fraction of sp³-hybridized carbons (Fsp3) is 0.833. The third kappa shape index (κ3) is 4.79. The number of carbonyl (C=O) groups is 1. The lowest BCUT2D eigenvalue weighted by atomic mass is 9.92. The molecule has 0 saturated carbocycles. The Morgan fingerprint density at radius 1 is 1.42 bits per heavy atom. The summed E-state index contributed by atoms with van der Waals surface area (Å²) in [7, 11) is 0. The van der Waals surface area contributed by atoms with Gasteiger partial charge in [0.25, 0.3) is 0 Å². The van der Waals surface area contributed by atoms with Crippen LogP contribution in [0, 0.1) is 11.8 Å². The molecule has 1 saturated heterocycles. The Kier molecular flexibility index (Phi) is 6.78. The third-order valence-corrected chi connectivity index (χ3v) is 4.78. The van der Waals surface area contributed by atoms with E-state index in [9.17, 15) is 4.79 Å². The molecule has 6 heteroatoms. The van der Waals surface area contributed by atoms with Crippen molar-refractivity contribution < 1.29 is 9.32 Å². The molecular weight excluding hydrogens is 304 g/mol. The molecule has 0 bridgehead atoms.